The molecule has 2 heterocycles. The van der Waals surface area contributed by atoms with Gasteiger partial charge in [0.15, 0.2) is 0 Å². The SMILES string of the molecule is CSN1CC2CC1CN2C. The monoisotopic (exact) mass is 158 g/mol. The van der Waals surface area contributed by atoms with Crippen molar-refractivity contribution in [1.82, 2.24) is 9.21 Å². The van der Waals surface area contributed by atoms with Crippen LogP contribution in [0.2, 0.25) is 0 Å². The van der Waals surface area contributed by atoms with E-state index in [1.54, 1.807) is 0 Å². The maximum absolute atomic E-state index is 2.52. The maximum atomic E-state index is 2.52. The van der Waals surface area contributed by atoms with Gasteiger partial charge in [-0.2, -0.15) is 0 Å². The Morgan fingerprint density at radius 1 is 1.30 bits per heavy atom. The molecule has 2 unspecified atom stereocenters. The largest absolute Gasteiger partial charge is 0.300 e. The van der Waals surface area contributed by atoms with Crippen LogP contribution < -0.4 is 0 Å². The van der Waals surface area contributed by atoms with E-state index in [-0.39, 0.29) is 0 Å². The quantitative estimate of drug-likeness (QED) is 0.517. The van der Waals surface area contributed by atoms with Gasteiger partial charge in [-0.05, 0) is 19.7 Å². The summed E-state index contributed by atoms with van der Waals surface area (Å²) < 4.78 is 2.52. The third kappa shape index (κ3) is 0.881. The zero-order valence-corrected chi connectivity index (χ0v) is 7.40. The lowest BCUT2D eigenvalue weighted by Crippen LogP contribution is -2.40. The third-order valence-electron chi connectivity index (χ3n) is 2.70. The molecule has 0 aromatic heterocycles. The van der Waals surface area contributed by atoms with Crippen molar-refractivity contribution in [1.29, 1.82) is 0 Å². The first-order valence-corrected chi connectivity index (χ1v) is 5.00. The van der Waals surface area contributed by atoms with Crippen molar-refractivity contribution in [3.05, 3.63) is 0 Å². The van der Waals surface area contributed by atoms with Gasteiger partial charge < -0.3 is 4.90 Å². The fraction of sp³-hybridized carbons (Fsp3) is 1.00. The molecule has 58 valence electrons. The summed E-state index contributed by atoms with van der Waals surface area (Å²) in [6, 6.07) is 1.71. The minimum Gasteiger partial charge on any atom is -0.300 e. The van der Waals surface area contributed by atoms with E-state index in [0.29, 0.717) is 0 Å². The van der Waals surface area contributed by atoms with E-state index in [2.05, 4.69) is 22.5 Å². The second-order valence-electron chi connectivity index (χ2n) is 3.27. The highest BCUT2D eigenvalue weighted by atomic mass is 32.2. The first kappa shape index (κ1) is 6.95. The molecule has 0 saturated carbocycles. The Morgan fingerprint density at radius 3 is 2.50 bits per heavy atom. The molecule has 2 saturated heterocycles. The van der Waals surface area contributed by atoms with Crippen molar-refractivity contribution in [2.45, 2.75) is 18.5 Å². The van der Waals surface area contributed by atoms with E-state index in [1.807, 2.05) is 11.9 Å². The van der Waals surface area contributed by atoms with Crippen molar-refractivity contribution in [3.63, 3.8) is 0 Å². The molecule has 0 radical (unpaired) electrons. The summed E-state index contributed by atoms with van der Waals surface area (Å²) in [6.07, 6.45) is 3.58. The van der Waals surface area contributed by atoms with Crippen molar-refractivity contribution in [2.75, 3.05) is 26.4 Å². The topological polar surface area (TPSA) is 6.48 Å². The van der Waals surface area contributed by atoms with Crippen LogP contribution in [-0.4, -0.2) is 47.7 Å². The first-order chi connectivity index (χ1) is 4.81. The molecule has 2 bridgehead atoms. The van der Waals surface area contributed by atoms with Crippen molar-refractivity contribution in [3.8, 4) is 0 Å². The number of rotatable bonds is 1. The van der Waals surface area contributed by atoms with Crippen LogP contribution in [0.25, 0.3) is 0 Å². The molecule has 0 N–H and O–H groups in total. The van der Waals surface area contributed by atoms with E-state index in [4.69, 9.17) is 0 Å². The van der Waals surface area contributed by atoms with Crippen LogP contribution in [0.3, 0.4) is 0 Å². The molecule has 2 atom stereocenters. The average molecular weight is 158 g/mol. The molecule has 0 spiro atoms. The molecule has 0 amide bonds. The normalized spacial score (nSPS) is 41.4. The Hall–Kier alpha value is 0.270. The van der Waals surface area contributed by atoms with E-state index in [1.165, 1.54) is 19.5 Å². The van der Waals surface area contributed by atoms with Gasteiger partial charge in [0, 0.05) is 25.2 Å². The molecule has 2 aliphatic heterocycles. The van der Waals surface area contributed by atoms with Crippen LogP contribution in [0.5, 0.6) is 0 Å². The molecule has 3 heteroatoms. The molecular weight excluding hydrogens is 144 g/mol. The zero-order valence-electron chi connectivity index (χ0n) is 6.58. The molecule has 0 aromatic rings. The number of hydrogen-bond donors (Lipinski definition) is 0. The van der Waals surface area contributed by atoms with Crippen molar-refractivity contribution in [2.24, 2.45) is 0 Å². The van der Waals surface area contributed by atoms with Crippen LogP contribution in [0.1, 0.15) is 6.42 Å². The molecule has 2 fully saturated rings. The summed E-state index contributed by atoms with van der Waals surface area (Å²) in [7, 11) is 2.24. The molecular formula is C7H14N2S. The van der Waals surface area contributed by atoms with Gasteiger partial charge in [-0.25, -0.2) is 4.31 Å². The van der Waals surface area contributed by atoms with E-state index in [9.17, 15) is 0 Å². The van der Waals surface area contributed by atoms with Crippen LogP contribution in [-0.2, 0) is 0 Å². The van der Waals surface area contributed by atoms with Gasteiger partial charge in [-0.15, -0.1) is 0 Å². The van der Waals surface area contributed by atoms with Crippen LogP contribution in [0.15, 0.2) is 0 Å². The van der Waals surface area contributed by atoms with Gasteiger partial charge in [0.25, 0.3) is 0 Å². The smallest absolute Gasteiger partial charge is 0.0345 e. The second-order valence-corrected chi connectivity index (χ2v) is 4.10. The lowest BCUT2D eigenvalue weighted by atomic mass is 10.2. The highest BCUT2D eigenvalue weighted by Crippen LogP contribution is 2.32. The van der Waals surface area contributed by atoms with Gasteiger partial charge in [-0.3, -0.25) is 0 Å². The Bertz CT molecular complexity index is 138. The predicted octanol–water partition coefficient (Wildman–Crippen LogP) is 0.653. The number of nitrogens with zero attached hydrogens (tertiary/aromatic N) is 2. The summed E-state index contributed by atoms with van der Waals surface area (Å²) in [5.74, 6) is 0. The van der Waals surface area contributed by atoms with Crippen LogP contribution in [0, 0.1) is 0 Å². The minimum atomic E-state index is 0.852. The Labute approximate surface area is 66.7 Å². The number of likely N-dealkylation sites (tertiary alicyclic amines) is 1. The molecule has 0 aromatic carbocycles. The number of hydrogen-bond acceptors (Lipinski definition) is 3. The molecule has 0 aliphatic carbocycles. The minimum absolute atomic E-state index is 0.852. The first-order valence-electron chi connectivity index (χ1n) is 3.82. The van der Waals surface area contributed by atoms with E-state index in [0.717, 1.165) is 12.1 Å². The Kier molecular flexibility index (Phi) is 1.66. The predicted molar refractivity (Wildman–Crippen MR) is 45.0 cm³/mol. The van der Waals surface area contributed by atoms with Gasteiger partial charge in [0.05, 0.1) is 0 Å². The maximum Gasteiger partial charge on any atom is 0.0345 e. The molecule has 10 heavy (non-hydrogen) atoms. The second kappa shape index (κ2) is 2.40. The third-order valence-corrected chi connectivity index (χ3v) is 3.61. The Morgan fingerprint density at radius 2 is 2.10 bits per heavy atom. The summed E-state index contributed by atoms with van der Waals surface area (Å²) in [5.41, 5.74) is 0. The average Bonchev–Trinajstić information content (AvgIpc) is 2.44. The van der Waals surface area contributed by atoms with Gasteiger partial charge in [0.2, 0.25) is 0 Å². The molecule has 2 rings (SSSR count). The summed E-state index contributed by atoms with van der Waals surface area (Å²) in [6.45, 7) is 2.56. The van der Waals surface area contributed by atoms with Gasteiger partial charge in [-0.1, -0.05) is 11.9 Å². The summed E-state index contributed by atoms with van der Waals surface area (Å²) in [4.78, 5) is 2.48. The Balaban J connectivity index is 2.02. The van der Waals surface area contributed by atoms with E-state index >= 15 is 0 Å². The zero-order chi connectivity index (χ0) is 7.14. The van der Waals surface area contributed by atoms with Gasteiger partial charge >= 0.3 is 0 Å². The molecule has 2 nitrogen and oxygen atoms in total. The lowest BCUT2D eigenvalue weighted by Gasteiger charge is -2.29. The standard InChI is InChI=1S/C7H14N2S/c1-8-4-7-3-6(8)5-9(7)10-2/h6-7H,3-5H2,1-2H3. The number of fused-ring (bicyclic) bond motifs is 2. The number of piperazine rings is 1. The van der Waals surface area contributed by atoms with Crippen LogP contribution in [0.4, 0.5) is 0 Å². The lowest BCUT2D eigenvalue weighted by molar-refractivity contribution is 0.227. The molecule has 2 aliphatic rings. The number of likely N-dealkylation sites (N-methyl/N-ethyl adjacent to an activating group) is 1. The van der Waals surface area contributed by atoms with Crippen LogP contribution >= 0.6 is 11.9 Å². The highest BCUT2D eigenvalue weighted by Gasteiger charge is 2.40. The van der Waals surface area contributed by atoms with Gasteiger partial charge in [0.1, 0.15) is 0 Å². The summed E-state index contributed by atoms with van der Waals surface area (Å²) >= 11 is 1.90. The van der Waals surface area contributed by atoms with Crippen molar-refractivity contribution < 1.29 is 0 Å². The fourth-order valence-corrected chi connectivity index (χ4v) is 2.83. The highest BCUT2D eigenvalue weighted by molar-refractivity contribution is 7.96. The van der Waals surface area contributed by atoms with Crippen molar-refractivity contribution >= 4 is 11.9 Å². The summed E-state index contributed by atoms with van der Waals surface area (Å²) in [5, 5.41) is 0. The van der Waals surface area contributed by atoms with E-state index < -0.39 is 0 Å². The fourth-order valence-electron chi connectivity index (χ4n) is 2.05.